The molecule has 0 atom stereocenters. The largest absolute Gasteiger partial charge is 0.492 e. The van der Waals surface area contributed by atoms with Crippen LogP contribution in [-0.2, 0) is 11.4 Å². The molecule has 9 heteroatoms. The summed E-state index contributed by atoms with van der Waals surface area (Å²) in [5.74, 6) is 0.215. The summed E-state index contributed by atoms with van der Waals surface area (Å²) in [6.07, 6.45) is 1.59. The second kappa shape index (κ2) is 11.3. The van der Waals surface area contributed by atoms with E-state index in [0.29, 0.717) is 17.1 Å². The Kier molecular flexibility index (Phi) is 8.15. The van der Waals surface area contributed by atoms with E-state index in [2.05, 4.69) is 15.9 Å². The van der Waals surface area contributed by atoms with Gasteiger partial charge in [0.1, 0.15) is 30.5 Å². The number of thioether (sulfide) groups is 1. The molecule has 180 valence electrons. The lowest BCUT2D eigenvalue weighted by Gasteiger charge is -2.13. The maximum Gasteiger partial charge on any atom is 0.293 e. The fourth-order valence-electron chi connectivity index (χ4n) is 3.31. The van der Waals surface area contributed by atoms with Crippen LogP contribution in [0.5, 0.6) is 11.5 Å². The zero-order chi connectivity index (χ0) is 24.9. The molecule has 3 aromatic rings. The molecule has 0 aliphatic carbocycles. The van der Waals surface area contributed by atoms with Gasteiger partial charge in [-0.05, 0) is 67.2 Å². The number of nitrogens with zero attached hydrogens (tertiary/aromatic N) is 1. The van der Waals surface area contributed by atoms with Crippen LogP contribution in [0.4, 0.5) is 9.18 Å². The molecular weight excluding hydrogens is 557 g/mol. The van der Waals surface area contributed by atoms with Gasteiger partial charge in [-0.15, -0.1) is 0 Å². The number of halogens is 3. The normalized spacial score (nSPS) is 14.6. The van der Waals surface area contributed by atoms with E-state index in [0.717, 1.165) is 26.7 Å². The first-order valence-electron chi connectivity index (χ1n) is 10.6. The predicted octanol–water partition coefficient (Wildman–Crippen LogP) is 7.24. The van der Waals surface area contributed by atoms with Crippen LogP contribution in [-0.4, -0.2) is 29.2 Å². The van der Waals surface area contributed by atoms with Gasteiger partial charge in [-0.2, -0.15) is 0 Å². The van der Waals surface area contributed by atoms with E-state index < -0.39 is 11.7 Å². The SMILES string of the molecule is Cc1ccc(OCCN2C(=O)S/C(=C\c3cc(Br)ccc3OCc3c(F)cccc3Cl)C2=O)cc1. The molecule has 0 saturated carbocycles. The van der Waals surface area contributed by atoms with Gasteiger partial charge in [-0.3, -0.25) is 14.5 Å². The number of aryl methyl sites for hydroxylation is 1. The van der Waals surface area contributed by atoms with Crippen molar-refractivity contribution < 1.29 is 23.5 Å². The second-order valence-corrected chi connectivity index (χ2v) is 9.98. The van der Waals surface area contributed by atoms with Crippen LogP contribution in [0.3, 0.4) is 0 Å². The molecule has 3 aromatic carbocycles. The van der Waals surface area contributed by atoms with Gasteiger partial charge >= 0.3 is 0 Å². The zero-order valence-electron chi connectivity index (χ0n) is 18.6. The molecule has 0 radical (unpaired) electrons. The van der Waals surface area contributed by atoms with Crippen molar-refractivity contribution in [1.82, 2.24) is 4.90 Å². The van der Waals surface area contributed by atoms with Gasteiger partial charge in [-0.1, -0.05) is 51.3 Å². The van der Waals surface area contributed by atoms with E-state index in [1.54, 1.807) is 30.3 Å². The van der Waals surface area contributed by atoms with Gasteiger partial charge in [0, 0.05) is 15.6 Å². The number of amides is 2. The monoisotopic (exact) mass is 575 g/mol. The van der Waals surface area contributed by atoms with Crippen molar-refractivity contribution in [2.45, 2.75) is 13.5 Å². The van der Waals surface area contributed by atoms with Gasteiger partial charge in [0.15, 0.2) is 0 Å². The molecule has 1 saturated heterocycles. The highest BCUT2D eigenvalue weighted by molar-refractivity contribution is 9.10. The first-order valence-corrected chi connectivity index (χ1v) is 12.6. The van der Waals surface area contributed by atoms with Crippen LogP contribution in [0.1, 0.15) is 16.7 Å². The van der Waals surface area contributed by atoms with Crippen LogP contribution in [0.25, 0.3) is 6.08 Å². The topological polar surface area (TPSA) is 55.8 Å². The summed E-state index contributed by atoms with van der Waals surface area (Å²) in [5.41, 5.74) is 1.91. The zero-order valence-corrected chi connectivity index (χ0v) is 21.8. The number of hydrogen-bond acceptors (Lipinski definition) is 5. The molecule has 0 unspecified atom stereocenters. The van der Waals surface area contributed by atoms with E-state index >= 15 is 0 Å². The summed E-state index contributed by atoms with van der Waals surface area (Å²) in [7, 11) is 0. The van der Waals surface area contributed by atoms with Crippen molar-refractivity contribution in [3.8, 4) is 11.5 Å². The summed E-state index contributed by atoms with van der Waals surface area (Å²) < 4.78 is 26.4. The summed E-state index contributed by atoms with van der Waals surface area (Å²) in [6.45, 7) is 2.20. The average Bonchev–Trinajstić information content (AvgIpc) is 3.08. The fourth-order valence-corrected chi connectivity index (χ4v) is 4.76. The summed E-state index contributed by atoms with van der Waals surface area (Å²) >= 11 is 10.4. The number of ether oxygens (including phenoxy) is 2. The van der Waals surface area contributed by atoms with Crippen molar-refractivity contribution in [1.29, 1.82) is 0 Å². The van der Waals surface area contributed by atoms with Gasteiger partial charge in [-0.25, -0.2) is 4.39 Å². The minimum Gasteiger partial charge on any atom is -0.492 e. The van der Waals surface area contributed by atoms with Gasteiger partial charge in [0.2, 0.25) is 0 Å². The number of hydrogen-bond donors (Lipinski definition) is 0. The van der Waals surface area contributed by atoms with Gasteiger partial charge in [0.25, 0.3) is 11.1 Å². The van der Waals surface area contributed by atoms with Crippen molar-refractivity contribution >= 4 is 56.5 Å². The third kappa shape index (κ3) is 6.25. The van der Waals surface area contributed by atoms with Crippen molar-refractivity contribution in [3.63, 3.8) is 0 Å². The minimum absolute atomic E-state index is 0.0915. The number of imide groups is 1. The Bertz CT molecular complexity index is 1280. The molecule has 1 aliphatic rings. The third-order valence-corrected chi connectivity index (χ3v) is 6.93. The molecule has 4 rings (SSSR count). The molecule has 1 fully saturated rings. The first kappa shape index (κ1) is 25.3. The number of benzene rings is 3. The Labute approximate surface area is 220 Å². The summed E-state index contributed by atoms with van der Waals surface area (Å²) in [4.78, 5) is 26.8. The van der Waals surface area contributed by atoms with Crippen molar-refractivity contribution in [3.05, 3.63) is 97.6 Å². The molecule has 0 spiro atoms. The number of rotatable bonds is 8. The number of carbonyl (C=O) groups excluding carboxylic acids is 2. The lowest BCUT2D eigenvalue weighted by atomic mass is 10.1. The van der Waals surface area contributed by atoms with Crippen LogP contribution in [0.2, 0.25) is 5.02 Å². The average molecular weight is 577 g/mol. The second-order valence-electron chi connectivity index (χ2n) is 7.67. The third-order valence-electron chi connectivity index (χ3n) is 5.17. The van der Waals surface area contributed by atoms with E-state index in [4.69, 9.17) is 21.1 Å². The highest BCUT2D eigenvalue weighted by Crippen LogP contribution is 2.35. The van der Waals surface area contributed by atoms with E-state index in [9.17, 15) is 14.0 Å². The quantitative estimate of drug-likeness (QED) is 0.265. The Morgan fingerprint density at radius 3 is 2.60 bits per heavy atom. The van der Waals surface area contributed by atoms with Gasteiger partial charge < -0.3 is 9.47 Å². The van der Waals surface area contributed by atoms with Crippen molar-refractivity contribution in [2.75, 3.05) is 13.2 Å². The van der Waals surface area contributed by atoms with E-state index in [1.165, 1.54) is 12.1 Å². The molecule has 5 nitrogen and oxygen atoms in total. The molecule has 1 aliphatic heterocycles. The lowest BCUT2D eigenvalue weighted by molar-refractivity contribution is -0.123. The highest BCUT2D eigenvalue weighted by Gasteiger charge is 2.35. The maximum absolute atomic E-state index is 14.1. The van der Waals surface area contributed by atoms with Gasteiger partial charge in [0.05, 0.1) is 16.5 Å². The Hall–Kier alpha value is -2.81. The van der Waals surface area contributed by atoms with Crippen molar-refractivity contribution in [2.24, 2.45) is 0 Å². The van der Waals surface area contributed by atoms with E-state index in [-0.39, 0.29) is 40.5 Å². The molecule has 0 aromatic heterocycles. The smallest absolute Gasteiger partial charge is 0.293 e. The van der Waals surface area contributed by atoms with Crippen LogP contribution < -0.4 is 9.47 Å². The molecule has 2 amide bonds. The highest BCUT2D eigenvalue weighted by atomic mass is 79.9. The minimum atomic E-state index is -0.467. The van der Waals surface area contributed by atoms with Crippen LogP contribution in [0, 0.1) is 12.7 Å². The van der Waals surface area contributed by atoms with Crippen LogP contribution >= 0.6 is 39.3 Å². The Morgan fingerprint density at radius 2 is 1.86 bits per heavy atom. The summed E-state index contributed by atoms with van der Waals surface area (Å²) in [5, 5.41) is -0.109. The molecule has 0 bridgehead atoms. The fraction of sp³-hybridized carbons (Fsp3) is 0.154. The molecular formula is C26H20BrClFNO4S. The molecule has 0 N–H and O–H groups in total. The Morgan fingerprint density at radius 1 is 1.09 bits per heavy atom. The summed E-state index contributed by atoms with van der Waals surface area (Å²) in [6, 6.07) is 17.2. The first-order chi connectivity index (χ1) is 16.8. The maximum atomic E-state index is 14.1. The van der Waals surface area contributed by atoms with Crippen LogP contribution in [0.15, 0.2) is 70.0 Å². The molecule has 35 heavy (non-hydrogen) atoms. The lowest BCUT2D eigenvalue weighted by Crippen LogP contribution is -2.32. The number of carbonyl (C=O) groups is 2. The predicted molar refractivity (Wildman–Crippen MR) is 139 cm³/mol. The Balaban J connectivity index is 1.46. The molecule has 1 heterocycles. The van der Waals surface area contributed by atoms with E-state index in [1.807, 2.05) is 31.2 Å². The standard InChI is InChI=1S/C26H20BrClFNO4S/c1-16-5-8-19(9-6-16)33-12-11-30-25(31)24(35-26(30)32)14-17-13-18(27)7-10-23(17)34-15-20-21(28)3-2-4-22(20)29/h2-10,13-14H,11-12,15H2,1H3/b24-14-.